The zero-order valence-electron chi connectivity index (χ0n) is 12.0. The molecule has 5 nitrogen and oxygen atoms in total. The summed E-state index contributed by atoms with van der Waals surface area (Å²) in [4.78, 5) is 12.0. The Bertz CT molecular complexity index is 658. The van der Waals surface area contributed by atoms with Crippen molar-refractivity contribution in [2.45, 2.75) is 12.8 Å². The van der Waals surface area contributed by atoms with Gasteiger partial charge in [-0.25, -0.2) is 0 Å². The topological polar surface area (TPSA) is 59.8 Å². The second kappa shape index (κ2) is 6.65. The van der Waals surface area contributed by atoms with E-state index in [0.717, 1.165) is 11.3 Å². The van der Waals surface area contributed by atoms with Gasteiger partial charge in [0.25, 0.3) is 5.91 Å². The summed E-state index contributed by atoms with van der Waals surface area (Å²) in [5, 5.41) is 10.7. The Morgan fingerprint density at radius 2 is 1.95 bits per heavy atom. The Kier molecular flexibility index (Phi) is 4.66. The van der Waals surface area contributed by atoms with Gasteiger partial charge < -0.3 is 5.32 Å². The number of carbonyl (C=O) groups excluding carboxylic acids is 1. The van der Waals surface area contributed by atoms with Crippen LogP contribution in [0.5, 0.6) is 0 Å². The Morgan fingerprint density at radius 1 is 1.24 bits per heavy atom. The second-order valence-electron chi connectivity index (χ2n) is 4.80. The zero-order valence-corrected chi connectivity index (χ0v) is 12.0. The van der Waals surface area contributed by atoms with Gasteiger partial charge in [-0.15, -0.1) is 5.10 Å². The summed E-state index contributed by atoms with van der Waals surface area (Å²) in [5.74, 6) is -0.147. The second-order valence-corrected chi connectivity index (χ2v) is 4.80. The number of nitrogens with zero attached hydrogens (tertiary/aromatic N) is 3. The molecule has 1 N–H and O–H groups in total. The monoisotopic (exact) mass is 282 g/mol. The van der Waals surface area contributed by atoms with Crippen molar-refractivity contribution < 1.29 is 4.79 Å². The molecular formula is C16H18N4O. The molecule has 0 radical (unpaired) electrons. The van der Waals surface area contributed by atoms with E-state index in [0.29, 0.717) is 24.1 Å². The third-order valence-corrected chi connectivity index (χ3v) is 3.02. The molecule has 2 rings (SSSR count). The van der Waals surface area contributed by atoms with Crippen LogP contribution in [0.15, 0.2) is 55.4 Å². The molecule has 0 bridgehead atoms. The minimum Gasteiger partial charge on any atom is -0.326 e. The number of hydrogen-bond acceptors (Lipinski definition) is 3. The van der Waals surface area contributed by atoms with Crippen molar-refractivity contribution in [3.63, 3.8) is 0 Å². The summed E-state index contributed by atoms with van der Waals surface area (Å²) in [6.45, 7) is 7.85. The standard InChI is InChI=1S/C16H18N4O/c1-12(15-11-20(3)19-18-15)9-10-13(2)17-16(21)14-7-5-4-6-8-14/h4-8,11H,1-2,9-10H2,3H3,(H,17,21). The number of hydrogen-bond donors (Lipinski definition) is 1. The van der Waals surface area contributed by atoms with Crippen molar-refractivity contribution in [3.8, 4) is 0 Å². The molecule has 1 amide bonds. The van der Waals surface area contributed by atoms with Crippen LogP contribution in [0.4, 0.5) is 0 Å². The zero-order chi connectivity index (χ0) is 15.2. The molecule has 2 aromatic rings. The van der Waals surface area contributed by atoms with Crippen LogP contribution in [0.3, 0.4) is 0 Å². The molecule has 0 saturated heterocycles. The SMILES string of the molecule is C=C(CCC(=C)c1cn(C)nn1)NC(=O)c1ccccc1. The van der Waals surface area contributed by atoms with Gasteiger partial charge >= 0.3 is 0 Å². The first-order chi connectivity index (χ1) is 10.1. The number of rotatable bonds is 6. The molecule has 0 aliphatic heterocycles. The molecule has 1 aromatic heterocycles. The first-order valence-electron chi connectivity index (χ1n) is 6.65. The Morgan fingerprint density at radius 3 is 2.57 bits per heavy atom. The number of carbonyl (C=O) groups is 1. The number of amides is 1. The molecule has 108 valence electrons. The van der Waals surface area contributed by atoms with E-state index in [1.165, 1.54) is 0 Å². The average Bonchev–Trinajstić information content (AvgIpc) is 2.92. The lowest BCUT2D eigenvalue weighted by atomic mass is 10.1. The lowest BCUT2D eigenvalue weighted by Gasteiger charge is -2.08. The quantitative estimate of drug-likeness (QED) is 0.885. The third-order valence-electron chi connectivity index (χ3n) is 3.02. The molecule has 0 aliphatic rings. The van der Waals surface area contributed by atoms with Crippen LogP contribution in [0.1, 0.15) is 28.9 Å². The molecule has 21 heavy (non-hydrogen) atoms. The highest BCUT2D eigenvalue weighted by Gasteiger charge is 2.08. The van der Waals surface area contributed by atoms with Crippen LogP contribution in [-0.2, 0) is 7.05 Å². The van der Waals surface area contributed by atoms with Crippen LogP contribution in [0.25, 0.3) is 5.57 Å². The molecule has 0 spiro atoms. The van der Waals surface area contributed by atoms with Gasteiger partial charge in [-0.3, -0.25) is 9.48 Å². The normalized spacial score (nSPS) is 10.1. The van der Waals surface area contributed by atoms with E-state index in [9.17, 15) is 4.79 Å². The van der Waals surface area contributed by atoms with Crippen molar-refractivity contribution >= 4 is 11.5 Å². The fourth-order valence-corrected chi connectivity index (χ4v) is 1.82. The lowest BCUT2D eigenvalue weighted by molar-refractivity contribution is 0.0965. The maximum absolute atomic E-state index is 12.0. The van der Waals surface area contributed by atoms with Gasteiger partial charge in [0, 0.05) is 18.3 Å². The molecule has 5 heteroatoms. The van der Waals surface area contributed by atoms with Crippen LogP contribution in [0, 0.1) is 0 Å². The molecule has 0 atom stereocenters. The third kappa shape index (κ3) is 4.14. The largest absolute Gasteiger partial charge is 0.326 e. The van der Waals surface area contributed by atoms with Gasteiger partial charge in [0.1, 0.15) is 5.69 Å². The minimum absolute atomic E-state index is 0.147. The number of allylic oxidation sites excluding steroid dienone is 2. The van der Waals surface area contributed by atoms with E-state index >= 15 is 0 Å². The highest BCUT2D eigenvalue weighted by molar-refractivity contribution is 5.95. The average molecular weight is 282 g/mol. The predicted molar refractivity (Wildman–Crippen MR) is 82.3 cm³/mol. The number of aryl methyl sites for hydroxylation is 1. The summed E-state index contributed by atoms with van der Waals surface area (Å²) < 4.78 is 1.63. The summed E-state index contributed by atoms with van der Waals surface area (Å²) in [6.07, 6.45) is 3.11. The highest BCUT2D eigenvalue weighted by atomic mass is 16.1. The molecule has 0 saturated carbocycles. The summed E-state index contributed by atoms with van der Waals surface area (Å²) in [6, 6.07) is 9.06. The van der Waals surface area contributed by atoms with Gasteiger partial charge in [0.05, 0.1) is 6.20 Å². The van der Waals surface area contributed by atoms with Crippen molar-refractivity contribution in [2.24, 2.45) is 7.05 Å². The summed E-state index contributed by atoms with van der Waals surface area (Å²) in [5.41, 5.74) is 2.91. The molecule has 0 fully saturated rings. The Labute approximate surface area is 124 Å². The van der Waals surface area contributed by atoms with Crippen LogP contribution < -0.4 is 5.32 Å². The van der Waals surface area contributed by atoms with Crippen LogP contribution in [-0.4, -0.2) is 20.9 Å². The Hall–Kier alpha value is -2.69. The number of nitrogens with one attached hydrogen (secondary N) is 1. The first-order valence-corrected chi connectivity index (χ1v) is 6.65. The van der Waals surface area contributed by atoms with Crippen molar-refractivity contribution in [2.75, 3.05) is 0 Å². The van der Waals surface area contributed by atoms with Gasteiger partial charge in [-0.05, 0) is 30.5 Å². The first kappa shape index (κ1) is 14.7. The van der Waals surface area contributed by atoms with Gasteiger partial charge in [-0.2, -0.15) is 0 Å². The van der Waals surface area contributed by atoms with E-state index in [2.05, 4.69) is 28.8 Å². The van der Waals surface area contributed by atoms with Gasteiger partial charge in [-0.1, -0.05) is 36.6 Å². The number of benzene rings is 1. The van der Waals surface area contributed by atoms with Crippen molar-refractivity contribution in [1.29, 1.82) is 0 Å². The molecule has 1 aromatic carbocycles. The fraction of sp³-hybridized carbons (Fsp3) is 0.188. The summed E-state index contributed by atoms with van der Waals surface area (Å²) in [7, 11) is 1.81. The molecule has 0 aliphatic carbocycles. The molecule has 1 heterocycles. The lowest BCUT2D eigenvalue weighted by Crippen LogP contribution is -2.22. The highest BCUT2D eigenvalue weighted by Crippen LogP contribution is 2.16. The predicted octanol–water partition coefficient (Wildman–Crippen LogP) is 2.55. The van der Waals surface area contributed by atoms with Crippen LogP contribution >= 0.6 is 0 Å². The van der Waals surface area contributed by atoms with E-state index < -0.39 is 0 Å². The smallest absolute Gasteiger partial charge is 0.255 e. The van der Waals surface area contributed by atoms with Crippen molar-refractivity contribution in [3.05, 3.63) is 66.6 Å². The van der Waals surface area contributed by atoms with Gasteiger partial charge in [0.15, 0.2) is 0 Å². The van der Waals surface area contributed by atoms with E-state index in [4.69, 9.17) is 0 Å². The van der Waals surface area contributed by atoms with E-state index in [1.54, 1.807) is 16.8 Å². The molecular weight excluding hydrogens is 264 g/mol. The maximum Gasteiger partial charge on any atom is 0.255 e. The molecule has 0 unspecified atom stereocenters. The van der Waals surface area contributed by atoms with E-state index in [1.807, 2.05) is 31.4 Å². The fourth-order valence-electron chi connectivity index (χ4n) is 1.82. The van der Waals surface area contributed by atoms with Crippen molar-refractivity contribution in [1.82, 2.24) is 20.3 Å². The number of aromatic nitrogens is 3. The van der Waals surface area contributed by atoms with E-state index in [-0.39, 0.29) is 5.91 Å². The summed E-state index contributed by atoms with van der Waals surface area (Å²) >= 11 is 0. The van der Waals surface area contributed by atoms with Crippen LogP contribution in [0.2, 0.25) is 0 Å². The maximum atomic E-state index is 12.0. The minimum atomic E-state index is -0.147. The van der Waals surface area contributed by atoms with Gasteiger partial charge in [0.2, 0.25) is 0 Å². The Balaban J connectivity index is 1.82.